The number of nitrogens with one attached hydrogen (secondary N) is 2. The van der Waals surface area contributed by atoms with E-state index >= 15 is 0 Å². The van der Waals surface area contributed by atoms with Crippen molar-refractivity contribution in [1.29, 1.82) is 0 Å². The maximum absolute atomic E-state index is 12.0. The fourth-order valence-electron chi connectivity index (χ4n) is 3.05. The van der Waals surface area contributed by atoms with E-state index in [-0.39, 0.29) is 36.0 Å². The van der Waals surface area contributed by atoms with Crippen LogP contribution in [-0.4, -0.2) is 44.8 Å². The largest absolute Gasteiger partial charge is 0.462 e. The molecule has 2 aromatic heterocycles. The van der Waals surface area contributed by atoms with Gasteiger partial charge in [0, 0.05) is 19.5 Å². The number of fused-ring (bicyclic) bond motifs is 1. The second kappa shape index (κ2) is 10.9. The molecule has 29 heavy (non-hydrogen) atoms. The highest BCUT2D eigenvalue weighted by Crippen LogP contribution is 2.24. The summed E-state index contributed by atoms with van der Waals surface area (Å²) in [5, 5.41) is 15.9. The minimum absolute atomic E-state index is 0. The number of nitrogens with zero attached hydrogens (tertiary/aromatic N) is 5. The number of esters is 1. The summed E-state index contributed by atoms with van der Waals surface area (Å²) in [6.07, 6.45) is 2.10. The van der Waals surface area contributed by atoms with Crippen LogP contribution in [0.5, 0.6) is 0 Å². The summed E-state index contributed by atoms with van der Waals surface area (Å²) in [6.45, 7) is 10.1. The third-order valence-corrected chi connectivity index (χ3v) is 5.73. The molecule has 0 saturated carbocycles. The number of aryl methyl sites for hydroxylation is 2. The van der Waals surface area contributed by atoms with E-state index in [2.05, 4.69) is 35.4 Å². The summed E-state index contributed by atoms with van der Waals surface area (Å²) in [5.74, 6) is 2.28. The van der Waals surface area contributed by atoms with E-state index in [9.17, 15) is 4.79 Å². The van der Waals surface area contributed by atoms with Crippen LogP contribution in [0, 0.1) is 6.92 Å². The van der Waals surface area contributed by atoms with Crippen molar-refractivity contribution >= 4 is 47.2 Å². The lowest BCUT2D eigenvalue weighted by Gasteiger charge is -2.16. The molecule has 160 valence electrons. The van der Waals surface area contributed by atoms with Gasteiger partial charge in [0.25, 0.3) is 0 Å². The highest BCUT2D eigenvalue weighted by Gasteiger charge is 2.20. The van der Waals surface area contributed by atoms with E-state index in [1.807, 2.05) is 20.8 Å². The number of carbonyl (C=O) groups is 1. The molecule has 0 radical (unpaired) electrons. The van der Waals surface area contributed by atoms with Crippen molar-refractivity contribution < 1.29 is 9.53 Å². The molecule has 1 atom stereocenters. The maximum atomic E-state index is 12.0. The van der Waals surface area contributed by atoms with Crippen LogP contribution in [-0.2, 0) is 24.2 Å². The first-order valence-corrected chi connectivity index (χ1v) is 10.4. The Morgan fingerprint density at radius 1 is 1.38 bits per heavy atom. The Bertz CT molecular complexity index is 865. The molecule has 1 aliphatic heterocycles. The van der Waals surface area contributed by atoms with Gasteiger partial charge in [0.2, 0.25) is 0 Å². The average molecular weight is 533 g/mol. The molecule has 0 aliphatic carbocycles. The van der Waals surface area contributed by atoms with Crippen molar-refractivity contribution in [1.82, 2.24) is 30.4 Å². The van der Waals surface area contributed by atoms with E-state index in [1.165, 1.54) is 11.3 Å². The van der Waals surface area contributed by atoms with E-state index < -0.39 is 0 Å². The second-order valence-corrected chi connectivity index (χ2v) is 7.57. The Morgan fingerprint density at radius 2 is 2.17 bits per heavy atom. The number of hydrogen-bond acceptors (Lipinski definition) is 7. The van der Waals surface area contributed by atoms with Crippen LogP contribution in [0.2, 0.25) is 0 Å². The third kappa shape index (κ3) is 5.65. The molecule has 9 nitrogen and oxygen atoms in total. The zero-order chi connectivity index (χ0) is 20.1. The Kier molecular flexibility index (Phi) is 8.80. The Morgan fingerprint density at radius 3 is 2.90 bits per heavy atom. The lowest BCUT2D eigenvalue weighted by Crippen LogP contribution is -2.38. The molecule has 11 heteroatoms. The summed E-state index contributed by atoms with van der Waals surface area (Å²) in [7, 11) is 0. The lowest BCUT2D eigenvalue weighted by molar-refractivity contribution is 0.0531. The third-order valence-electron chi connectivity index (χ3n) is 4.41. The van der Waals surface area contributed by atoms with Crippen LogP contribution in [0.1, 0.15) is 65.3 Å². The van der Waals surface area contributed by atoms with Crippen LogP contribution in [0.25, 0.3) is 0 Å². The monoisotopic (exact) mass is 533 g/mol. The van der Waals surface area contributed by atoms with E-state index in [4.69, 9.17) is 4.74 Å². The van der Waals surface area contributed by atoms with Crippen LogP contribution in [0.3, 0.4) is 0 Å². The number of ether oxygens (including phenoxy) is 1. The van der Waals surface area contributed by atoms with Crippen LogP contribution >= 0.6 is 35.3 Å². The number of aliphatic imine (C=N–C) groups is 1. The standard InChI is InChI=1S/C18H27N7O2S.HI/c1-5-19-18(20-10-14-24-23-13-8-7-9-25(13)14)22-12(4)16-21-11(3)15(28-16)17(26)27-6-2;/h12H,5-10H2,1-4H3,(H2,19,20,22);1H. The Hall–Kier alpha value is -1.76. The minimum Gasteiger partial charge on any atom is -0.462 e. The molecule has 3 rings (SSSR count). The highest BCUT2D eigenvalue weighted by atomic mass is 127. The molecular weight excluding hydrogens is 505 g/mol. The molecule has 0 saturated heterocycles. The predicted octanol–water partition coefficient (Wildman–Crippen LogP) is 2.60. The number of thiazole rings is 1. The van der Waals surface area contributed by atoms with Crippen LogP contribution in [0.15, 0.2) is 4.99 Å². The van der Waals surface area contributed by atoms with Crippen molar-refractivity contribution in [2.24, 2.45) is 4.99 Å². The Labute approximate surface area is 191 Å². The van der Waals surface area contributed by atoms with Gasteiger partial charge < -0.3 is 19.9 Å². The first-order chi connectivity index (χ1) is 13.5. The lowest BCUT2D eigenvalue weighted by atomic mass is 10.3. The first-order valence-electron chi connectivity index (χ1n) is 9.63. The summed E-state index contributed by atoms with van der Waals surface area (Å²) in [5.41, 5.74) is 0.688. The van der Waals surface area contributed by atoms with Gasteiger partial charge in [-0.05, 0) is 34.1 Å². The SMILES string of the molecule is CCNC(=NCc1nnc2n1CCC2)NC(C)c1nc(C)c(C(=O)OCC)s1.I. The summed E-state index contributed by atoms with van der Waals surface area (Å²) >= 11 is 1.35. The maximum Gasteiger partial charge on any atom is 0.350 e. The van der Waals surface area contributed by atoms with Crippen LogP contribution in [0.4, 0.5) is 0 Å². The first kappa shape index (κ1) is 23.5. The molecule has 0 amide bonds. The van der Waals surface area contributed by atoms with Gasteiger partial charge in [0.1, 0.15) is 22.3 Å². The second-order valence-electron chi connectivity index (χ2n) is 6.54. The van der Waals surface area contributed by atoms with Gasteiger partial charge in [-0.15, -0.1) is 45.5 Å². The molecule has 0 aromatic carbocycles. The van der Waals surface area contributed by atoms with Crippen molar-refractivity contribution in [3.05, 3.63) is 27.2 Å². The van der Waals surface area contributed by atoms with Gasteiger partial charge in [-0.2, -0.15) is 0 Å². The van der Waals surface area contributed by atoms with Gasteiger partial charge >= 0.3 is 5.97 Å². The van der Waals surface area contributed by atoms with E-state index in [1.54, 1.807) is 6.92 Å². The zero-order valence-electron chi connectivity index (χ0n) is 17.2. The van der Waals surface area contributed by atoms with Gasteiger partial charge in [0.05, 0.1) is 18.3 Å². The summed E-state index contributed by atoms with van der Waals surface area (Å²) < 4.78 is 7.24. The number of halogens is 1. The minimum atomic E-state index is -0.322. The molecule has 0 spiro atoms. The Balaban J connectivity index is 0.00000300. The molecule has 2 aromatic rings. The number of rotatable bonds is 7. The number of carbonyl (C=O) groups excluding carboxylic acids is 1. The van der Waals surface area contributed by atoms with E-state index in [0.29, 0.717) is 29.7 Å². The van der Waals surface area contributed by atoms with Gasteiger partial charge in [-0.1, -0.05) is 0 Å². The van der Waals surface area contributed by atoms with Crippen LogP contribution < -0.4 is 10.6 Å². The normalized spacial score (nSPS) is 14.1. The summed E-state index contributed by atoms with van der Waals surface area (Å²) in [6, 6.07) is -0.103. The van der Waals surface area contributed by atoms with Gasteiger partial charge in [-0.3, -0.25) is 0 Å². The van der Waals surface area contributed by atoms with Gasteiger partial charge in [0.15, 0.2) is 11.8 Å². The molecule has 0 bridgehead atoms. The van der Waals surface area contributed by atoms with Crippen molar-refractivity contribution in [3.8, 4) is 0 Å². The smallest absolute Gasteiger partial charge is 0.350 e. The molecule has 3 heterocycles. The topological polar surface area (TPSA) is 106 Å². The molecule has 1 unspecified atom stereocenters. The van der Waals surface area contributed by atoms with Gasteiger partial charge in [-0.25, -0.2) is 14.8 Å². The molecule has 2 N–H and O–H groups in total. The molecule has 0 fully saturated rings. The number of hydrogen-bond donors (Lipinski definition) is 2. The fraction of sp³-hybridized carbons (Fsp3) is 0.611. The quantitative estimate of drug-likeness (QED) is 0.244. The van der Waals surface area contributed by atoms with Crippen molar-refractivity contribution in [2.75, 3.05) is 13.2 Å². The van der Waals surface area contributed by atoms with Crippen molar-refractivity contribution in [2.45, 2.75) is 59.7 Å². The number of guanidine groups is 1. The fourth-order valence-corrected chi connectivity index (χ4v) is 4.02. The predicted molar refractivity (Wildman–Crippen MR) is 123 cm³/mol. The van der Waals surface area contributed by atoms with E-state index in [0.717, 1.165) is 42.6 Å². The highest BCUT2D eigenvalue weighted by molar-refractivity contribution is 14.0. The average Bonchev–Trinajstić information content (AvgIpc) is 3.36. The van der Waals surface area contributed by atoms with Crippen molar-refractivity contribution in [3.63, 3.8) is 0 Å². The summed E-state index contributed by atoms with van der Waals surface area (Å²) in [4.78, 5) is 21.8. The zero-order valence-corrected chi connectivity index (χ0v) is 20.3. The molecular formula is C18H28IN7O2S. The molecule has 1 aliphatic rings. The number of aromatic nitrogens is 4.